The lowest BCUT2D eigenvalue weighted by atomic mass is 10.1. The maximum atomic E-state index is 12.5. The van der Waals surface area contributed by atoms with E-state index in [0.29, 0.717) is 29.4 Å². The van der Waals surface area contributed by atoms with Gasteiger partial charge in [-0.2, -0.15) is 0 Å². The molecular weight excluding hydrogens is 372 g/mol. The van der Waals surface area contributed by atoms with Gasteiger partial charge in [-0.25, -0.2) is 0 Å². The van der Waals surface area contributed by atoms with Crippen molar-refractivity contribution in [2.75, 3.05) is 17.7 Å². The van der Waals surface area contributed by atoms with Gasteiger partial charge in [-0.1, -0.05) is 35.9 Å². The number of hydrogen-bond acceptors (Lipinski definition) is 4. The number of benzene rings is 2. The molecule has 1 heterocycles. The number of ether oxygens (including phenoxy) is 1. The number of carbonyl (C=O) groups excluding carboxylic acids is 2. The summed E-state index contributed by atoms with van der Waals surface area (Å²) in [6, 6.07) is 14.1. The number of hydrogen-bond donors (Lipinski definition) is 2. The van der Waals surface area contributed by atoms with E-state index in [1.54, 1.807) is 41.8 Å². The van der Waals surface area contributed by atoms with Gasteiger partial charge in [0.25, 0.3) is 11.8 Å². The first kappa shape index (κ1) is 18.4. The highest BCUT2D eigenvalue weighted by Gasteiger charge is 2.18. The van der Waals surface area contributed by atoms with E-state index >= 15 is 0 Å². The second-order valence-corrected chi connectivity index (χ2v) is 6.92. The molecule has 0 bridgehead atoms. The predicted molar refractivity (Wildman–Crippen MR) is 104 cm³/mol. The summed E-state index contributed by atoms with van der Waals surface area (Å²) in [6.45, 7) is 0.857. The summed E-state index contributed by atoms with van der Waals surface area (Å²) < 4.78 is 5.34. The SMILES string of the molecule is O=C(Nc1ccccc1C(=O)NCc1ccc(Cl)cc1)C1=CSCCO1. The summed E-state index contributed by atoms with van der Waals surface area (Å²) in [5, 5.41) is 7.91. The van der Waals surface area contributed by atoms with E-state index < -0.39 is 0 Å². The minimum absolute atomic E-state index is 0.262. The average Bonchev–Trinajstić information content (AvgIpc) is 2.68. The molecule has 134 valence electrons. The van der Waals surface area contributed by atoms with E-state index in [0.717, 1.165) is 11.3 Å². The van der Waals surface area contributed by atoms with Gasteiger partial charge in [0.05, 0.1) is 17.9 Å². The maximum absolute atomic E-state index is 12.5. The fraction of sp³-hybridized carbons (Fsp3) is 0.158. The molecule has 0 aromatic heterocycles. The molecule has 0 radical (unpaired) electrons. The molecule has 0 saturated carbocycles. The van der Waals surface area contributed by atoms with Crippen molar-refractivity contribution in [1.82, 2.24) is 5.32 Å². The highest BCUT2D eigenvalue weighted by atomic mass is 35.5. The molecule has 5 nitrogen and oxygen atoms in total. The zero-order chi connectivity index (χ0) is 18.4. The van der Waals surface area contributed by atoms with Crippen molar-refractivity contribution in [2.45, 2.75) is 6.54 Å². The first-order valence-corrected chi connectivity index (χ1v) is 9.44. The molecule has 1 aliphatic rings. The van der Waals surface area contributed by atoms with Crippen LogP contribution in [-0.4, -0.2) is 24.2 Å². The molecule has 0 atom stereocenters. The lowest BCUT2D eigenvalue weighted by Gasteiger charge is -2.15. The number of nitrogens with one attached hydrogen (secondary N) is 2. The highest BCUT2D eigenvalue weighted by Crippen LogP contribution is 2.20. The number of rotatable bonds is 5. The Kier molecular flexibility index (Phi) is 6.20. The Balaban J connectivity index is 1.67. The summed E-state index contributed by atoms with van der Waals surface area (Å²) in [5.41, 5.74) is 1.76. The lowest BCUT2D eigenvalue weighted by Crippen LogP contribution is -2.25. The second kappa shape index (κ2) is 8.78. The number of halogens is 1. The third-order valence-corrected chi connectivity index (χ3v) is 4.69. The number of anilines is 1. The summed E-state index contributed by atoms with van der Waals surface area (Å²) in [7, 11) is 0. The minimum atomic E-state index is -0.366. The summed E-state index contributed by atoms with van der Waals surface area (Å²) >= 11 is 7.38. The Morgan fingerprint density at radius 2 is 1.85 bits per heavy atom. The van der Waals surface area contributed by atoms with E-state index in [4.69, 9.17) is 16.3 Å². The lowest BCUT2D eigenvalue weighted by molar-refractivity contribution is -0.116. The highest BCUT2D eigenvalue weighted by molar-refractivity contribution is 8.02. The van der Waals surface area contributed by atoms with Crippen LogP contribution in [0.3, 0.4) is 0 Å². The molecule has 0 spiro atoms. The van der Waals surface area contributed by atoms with Gasteiger partial charge < -0.3 is 15.4 Å². The summed E-state index contributed by atoms with van der Waals surface area (Å²) in [4.78, 5) is 24.8. The second-order valence-electron chi connectivity index (χ2n) is 5.51. The molecule has 2 N–H and O–H groups in total. The number of thioether (sulfide) groups is 1. The molecule has 0 unspecified atom stereocenters. The van der Waals surface area contributed by atoms with Crippen molar-refractivity contribution < 1.29 is 14.3 Å². The van der Waals surface area contributed by atoms with Crippen molar-refractivity contribution in [3.05, 3.63) is 75.8 Å². The quantitative estimate of drug-likeness (QED) is 0.817. The van der Waals surface area contributed by atoms with Gasteiger partial charge >= 0.3 is 0 Å². The van der Waals surface area contributed by atoms with Crippen molar-refractivity contribution >= 4 is 40.9 Å². The average molecular weight is 389 g/mol. The normalized spacial score (nSPS) is 13.3. The van der Waals surface area contributed by atoms with E-state index in [2.05, 4.69) is 10.6 Å². The Hall–Kier alpha value is -2.44. The van der Waals surface area contributed by atoms with Crippen molar-refractivity contribution in [1.29, 1.82) is 0 Å². The first-order valence-electron chi connectivity index (χ1n) is 8.01. The van der Waals surface area contributed by atoms with E-state index in [1.807, 2.05) is 12.1 Å². The number of amides is 2. The van der Waals surface area contributed by atoms with Crippen LogP contribution in [-0.2, 0) is 16.1 Å². The van der Waals surface area contributed by atoms with Gasteiger partial charge in [0.15, 0.2) is 5.76 Å². The summed E-state index contributed by atoms with van der Waals surface area (Å²) in [5.74, 6) is 0.442. The fourth-order valence-corrected chi connectivity index (χ4v) is 3.09. The molecule has 3 rings (SSSR count). The van der Waals surface area contributed by atoms with Crippen LogP contribution in [0.2, 0.25) is 5.02 Å². The molecule has 1 aliphatic heterocycles. The van der Waals surface area contributed by atoms with Crippen LogP contribution in [0.15, 0.2) is 59.7 Å². The van der Waals surface area contributed by atoms with Crippen LogP contribution in [0, 0.1) is 0 Å². The first-order chi connectivity index (χ1) is 12.6. The van der Waals surface area contributed by atoms with Crippen LogP contribution in [0.4, 0.5) is 5.69 Å². The molecule has 26 heavy (non-hydrogen) atoms. The zero-order valence-corrected chi connectivity index (χ0v) is 15.4. The van der Waals surface area contributed by atoms with Crippen LogP contribution in [0.25, 0.3) is 0 Å². The molecule has 2 aromatic carbocycles. The van der Waals surface area contributed by atoms with Crippen molar-refractivity contribution in [3.63, 3.8) is 0 Å². The number of para-hydroxylation sites is 1. The van der Waals surface area contributed by atoms with Crippen LogP contribution >= 0.6 is 23.4 Å². The smallest absolute Gasteiger partial charge is 0.291 e. The third kappa shape index (κ3) is 4.80. The molecule has 0 fully saturated rings. The Labute approximate surface area is 160 Å². The minimum Gasteiger partial charge on any atom is -0.487 e. The molecule has 2 aromatic rings. The molecule has 7 heteroatoms. The Bertz CT molecular complexity index is 837. The molecule has 0 saturated heterocycles. The van der Waals surface area contributed by atoms with Crippen molar-refractivity contribution in [2.24, 2.45) is 0 Å². The molecular formula is C19H17ClN2O3S. The van der Waals surface area contributed by atoms with E-state index in [1.165, 1.54) is 11.8 Å². The Morgan fingerprint density at radius 3 is 2.58 bits per heavy atom. The van der Waals surface area contributed by atoms with Gasteiger partial charge in [0, 0.05) is 22.7 Å². The maximum Gasteiger partial charge on any atom is 0.291 e. The van der Waals surface area contributed by atoms with Crippen LogP contribution in [0.1, 0.15) is 15.9 Å². The van der Waals surface area contributed by atoms with E-state index in [9.17, 15) is 9.59 Å². The monoisotopic (exact) mass is 388 g/mol. The third-order valence-electron chi connectivity index (χ3n) is 3.66. The van der Waals surface area contributed by atoms with E-state index in [-0.39, 0.29) is 17.6 Å². The zero-order valence-electron chi connectivity index (χ0n) is 13.8. The van der Waals surface area contributed by atoms with Gasteiger partial charge in [-0.15, -0.1) is 11.8 Å². The van der Waals surface area contributed by atoms with Gasteiger partial charge in [-0.3, -0.25) is 9.59 Å². The van der Waals surface area contributed by atoms with Gasteiger partial charge in [0.1, 0.15) is 0 Å². The van der Waals surface area contributed by atoms with Gasteiger partial charge in [-0.05, 0) is 29.8 Å². The topological polar surface area (TPSA) is 67.4 Å². The summed E-state index contributed by atoms with van der Waals surface area (Å²) in [6.07, 6.45) is 0. The van der Waals surface area contributed by atoms with Gasteiger partial charge in [0.2, 0.25) is 0 Å². The predicted octanol–water partition coefficient (Wildman–Crippen LogP) is 3.81. The largest absolute Gasteiger partial charge is 0.487 e. The van der Waals surface area contributed by atoms with Crippen LogP contribution < -0.4 is 10.6 Å². The van der Waals surface area contributed by atoms with Crippen LogP contribution in [0.5, 0.6) is 0 Å². The number of carbonyl (C=O) groups is 2. The van der Waals surface area contributed by atoms with Crippen molar-refractivity contribution in [3.8, 4) is 0 Å². The standard InChI is InChI=1S/C19H17ClN2O3S/c20-14-7-5-13(6-8-14)11-21-18(23)15-3-1-2-4-16(15)22-19(24)17-12-26-10-9-25-17/h1-8,12H,9-11H2,(H,21,23)(H,22,24). The molecule has 2 amide bonds. The molecule has 0 aliphatic carbocycles. The fourth-order valence-electron chi connectivity index (χ4n) is 2.34. The Morgan fingerprint density at radius 1 is 1.08 bits per heavy atom.